The minimum atomic E-state index is 0.0253. The largest absolute Gasteiger partial charge is 0.495 e. The molecule has 1 aromatic heterocycles. The van der Waals surface area contributed by atoms with E-state index in [0.29, 0.717) is 41.7 Å². The fourth-order valence-electron chi connectivity index (χ4n) is 2.90. The number of methoxy groups -OCH3 is 1. The van der Waals surface area contributed by atoms with Gasteiger partial charge in [0.1, 0.15) is 17.9 Å². The topological polar surface area (TPSA) is 76.6 Å². The Kier molecular flexibility index (Phi) is 6.98. The van der Waals surface area contributed by atoms with Crippen molar-refractivity contribution in [1.29, 1.82) is 0 Å². The molecule has 0 saturated carbocycles. The van der Waals surface area contributed by atoms with Crippen molar-refractivity contribution in [2.75, 3.05) is 45.3 Å². The summed E-state index contributed by atoms with van der Waals surface area (Å²) < 4.78 is 10.5. The first-order valence-electron chi connectivity index (χ1n) is 8.87. The number of halogens is 1. The van der Waals surface area contributed by atoms with Gasteiger partial charge in [0, 0.05) is 38.8 Å². The summed E-state index contributed by atoms with van der Waals surface area (Å²) in [5, 5.41) is 3.75. The van der Waals surface area contributed by atoms with E-state index in [1.165, 1.54) is 6.33 Å². The number of nitrogens with one attached hydrogen (secondary N) is 1. The van der Waals surface area contributed by atoms with Crippen LogP contribution >= 0.6 is 11.6 Å². The smallest absolute Gasteiger partial charge is 0.169 e. The van der Waals surface area contributed by atoms with E-state index in [4.69, 9.17) is 21.1 Å². The number of carbonyl (C=O) groups is 1. The number of hydrogen-bond donors (Lipinski definition) is 1. The van der Waals surface area contributed by atoms with Crippen molar-refractivity contribution < 1.29 is 14.3 Å². The quantitative estimate of drug-likeness (QED) is 0.694. The van der Waals surface area contributed by atoms with E-state index >= 15 is 0 Å². The Hall–Kier alpha value is -2.22. The van der Waals surface area contributed by atoms with Gasteiger partial charge in [0.2, 0.25) is 0 Å². The predicted octanol–water partition coefficient (Wildman–Crippen LogP) is 2.66. The zero-order valence-electron chi connectivity index (χ0n) is 15.3. The standard InChI is InChI=1S/C19H23ClN4O3/c1-26-18-3-2-14(10-16(18)20)11-22-19-15(12-21-13-23-19)17(25)4-5-24-6-8-27-9-7-24/h2-3,10,12-13H,4-9,11H2,1H3,(H,21,22,23). The van der Waals surface area contributed by atoms with Crippen LogP contribution in [0.1, 0.15) is 22.3 Å². The van der Waals surface area contributed by atoms with Gasteiger partial charge in [-0.25, -0.2) is 9.97 Å². The molecule has 1 N–H and O–H groups in total. The molecule has 0 spiro atoms. The molecule has 0 amide bonds. The molecule has 7 nitrogen and oxygen atoms in total. The van der Waals surface area contributed by atoms with Gasteiger partial charge in [-0.3, -0.25) is 9.69 Å². The molecule has 1 aliphatic heterocycles. The maximum atomic E-state index is 12.6. The molecule has 1 fully saturated rings. The third kappa shape index (κ3) is 5.38. The van der Waals surface area contributed by atoms with Gasteiger partial charge in [-0.2, -0.15) is 0 Å². The summed E-state index contributed by atoms with van der Waals surface area (Å²) >= 11 is 6.16. The maximum Gasteiger partial charge on any atom is 0.169 e. The molecule has 0 aliphatic carbocycles. The zero-order valence-corrected chi connectivity index (χ0v) is 16.0. The average molecular weight is 391 g/mol. The lowest BCUT2D eigenvalue weighted by atomic mass is 10.1. The number of nitrogens with zero attached hydrogens (tertiary/aromatic N) is 3. The predicted molar refractivity (Wildman–Crippen MR) is 104 cm³/mol. The third-order valence-electron chi connectivity index (χ3n) is 4.45. The summed E-state index contributed by atoms with van der Waals surface area (Å²) in [7, 11) is 1.58. The first kappa shape index (κ1) is 19.5. The highest BCUT2D eigenvalue weighted by Gasteiger charge is 2.16. The van der Waals surface area contributed by atoms with Crippen LogP contribution in [0.5, 0.6) is 5.75 Å². The van der Waals surface area contributed by atoms with Gasteiger partial charge in [-0.05, 0) is 17.7 Å². The monoisotopic (exact) mass is 390 g/mol. The molecule has 0 radical (unpaired) electrons. The lowest BCUT2D eigenvalue weighted by Crippen LogP contribution is -2.37. The van der Waals surface area contributed by atoms with Crippen LogP contribution in [-0.2, 0) is 11.3 Å². The second-order valence-electron chi connectivity index (χ2n) is 6.23. The average Bonchev–Trinajstić information content (AvgIpc) is 2.71. The normalized spacial score (nSPS) is 14.7. The van der Waals surface area contributed by atoms with Crippen molar-refractivity contribution in [2.24, 2.45) is 0 Å². The summed E-state index contributed by atoms with van der Waals surface area (Å²) in [4.78, 5) is 23.1. The molecule has 1 saturated heterocycles. The minimum Gasteiger partial charge on any atom is -0.495 e. The molecule has 0 unspecified atom stereocenters. The van der Waals surface area contributed by atoms with Crippen LogP contribution in [0.25, 0.3) is 0 Å². The summed E-state index contributed by atoms with van der Waals surface area (Å²) in [6.45, 7) is 4.37. The van der Waals surface area contributed by atoms with Gasteiger partial charge in [0.05, 0.1) is 30.9 Å². The molecule has 27 heavy (non-hydrogen) atoms. The highest BCUT2D eigenvalue weighted by atomic mass is 35.5. The highest BCUT2D eigenvalue weighted by molar-refractivity contribution is 6.32. The summed E-state index contributed by atoms with van der Waals surface area (Å²) in [5.41, 5.74) is 1.47. The number of morpholine rings is 1. The fraction of sp³-hybridized carbons (Fsp3) is 0.421. The van der Waals surface area contributed by atoms with E-state index in [2.05, 4.69) is 20.2 Å². The van der Waals surface area contributed by atoms with Crippen LogP contribution in [0.4, 0.5) is 5.82 Å². The van der Waals surface area contributed by atoms with Crippen LogP contribution in [0.3, 0.4) is 0 Å². The van der Waals surface area contributed by atoms with Gasteiger partial charge >= 0.3 is 0 Å². The SMILES string of the molecule is COc1ccc(CNc2ncncc2C(=O)CCN2CCOCC2)cc1Cl. The summed E-state index contributed by atoms with van der Waals surface area (Å²) in [6.07, 6.45) is 3.43. The van der Waals surface area contributed by atoms with Crippen LogP contribution in [0, 0.1) is 0 Å². The maximum absolute atomic E-state index is 12.6. The van der Waals surface area contributed by atoms with E-state index < -0.39 is 0 Å². The van der Waals surface area contributed by atoms with Gasteiger partial charge in [-0.1, -0.05) is 17.7 Å². The van der Waals surface area contributed by atoms with E-state index in [1.54, 1.807) is 13.3 Å². The number of aromatic nitrogens is 2. The van der Waals surface area contributed by atoms with E-state index in [0.717, 1.165) is 31.9 Å². The Morgan fingerprint density at radius 3 is 2.93 bits per heavy atom. The Bertz CT molecular complexity index is 781. The lowest BCUT2D eigenvalue weighted by Gasteiger charge is -2.26. The zero-order chi connectivity index (χ0) is 19.1. The molecule has 1 aliphatic rings. The molecule has 8 heteroatoms. The molecule has 0 bridgehead atoms. The number of anilines is 1. The second-order valence-corrected chi connectivity index (χ2v) is 6.64. The van der Waals surface area contributed by atoms with Crippen molar-refractivity contribution in [3.8, 4) is 5.75 Å². The number of rotatable bonds is 8. The van der Waals surface area contributed by atoms with Gasteiger partial charge in [0.15, 0.2) is 5.78 Å². The molecule has 3 rings (SSSR count). The number of ether oxygens (including phenoxy) is 2. The van der Waals surface area contributed by atoms with Crippen molar-refractivity contribution >= 4 is 23.2 Å². The highest BCUT2D eigenvalue weighted by Crippen LogP contribution is 2.25. The first-order valence-corrected chi connectivity index (χ1v) is 9.25. The van der Waals surface area contributed by atoms with E-state index in [1.807, 2.05) is 18.2 Å². The van der Waals surface area contributed by atoms with Crippen molar-refractivity contribution in [3.63, 3.8) is 0 Å². The van der Waals surface area contributed by atoms with Gasteiger partial charge in [0.25, 0.3) is 0 Å². The Labute approximate surface area is 163 Å². The molecule has 1 aromatic carbocycles. The number of Topliss-reactive ketones (excluding diaryl/α,β-unsaturated/α-hetero) is 1. The Morgan fingerprint density at radius 1 is 1.37 bits per heavy atom. The number of ketones is 1. The van der Waals surface area contributed by atoms with E-state index in [-0.39, 0.29) is 5.78 Å². The van der Waals surface area contributed by atoms with Gasteiger partial charge < -0.3 is 14.8 Å². The number of carbonyl (C=O) groups excluding carboxylic acids is 1. The van der Waals surface area contributed by atoms with Crippen molar-refractivity contribution in [3.05, 3.63) is 46.9 Å². The summed E-state index contributed by atoms with van der Waals surface area (Å²) in [6, 6.07) is 5.56. The summed E-state index contributed by atoms with van der Waals surface area (Å²) in [5.74, 6) is 1.18. The third-order valence-corrected chi connectivity index (χ3v) is 4.74. The minimum absolute atomic E-state index is 0.0253. The number of benzene rings is 1. The second kappa shape index (κ2) is 9.64. The number of hydrogen-bond acceptors (Lipinski definition) is 7. The molecule has 2 heterocycles. The van der Waals surface area contributed by atoms with Gasteiger partial charge in [-0.15, -0.1) is 0 Å². The van der Waals surface area contributed by atoms with Crippen LogP contribution in [-0.4, -0.2) is 60.6 Å². The molecule has 2 aromatic rings. The fourth-order valence-corrected chi connectivity index (χ4v) is 3.18. The first-order chi connectivity index (χ1) is 13.2. The molecular formula is C19H23ClN4O3. The van der Waals surface area contributed by atoms with Crippen molar-refractivity contribution in [1.82, 2.24) is 14.9 Å². The van der Waals surface area contributed by atoms with E-state index in [9.17, 15) is 4.79 Å². The molecule has 0 atom stereocenters. The Morgan fingerprint density at radius 2 is 2.19 bits per heavy atom. The van der Waals surface area contributed by atoms with Crippen LogP contribution in [0.2, 0.25) is 5.02 Å². The molecule has 144 valence electrons. The lowest BCUT2D eigenvalue weighted by molar-refractivity contribution is 0.0370. The van der Waals surface area contributed by atoms with Crippen LogP contribution in [0.15, 0.2) is 30.7 Å². The van der Waals surface area contributed by atoms with Crippen LogP contribution < -0.4 is 10.1 Å². The Balaban J connectivity index is 1.61. The van der Waals surface area contributed by atoms with Crippen molar-refractivity contribution in [2.45, 2.75) is 13.0 Å². The molecular weight excluding hydrogens is 368 g/mol.